The number of esters is 1. The fraction of sp³-hybridized carbons (Fsp3) is 0.545. The van der Waals surface area contributed by atoms with E-state index in [1.807, 2.05) is 0 Å². The number of amides is 3. The van der Waals surface area contributed by atoms with Crippen LogP contribution in [0.25, 0.3) is 0 Å². The number of aliphatic hydroxyl groups is 1. The van der Waals surface area contributed by atoms with Crippen molar-refractivity contribution in [3.05, 3.63) is 29.3 Å². The van der Waals surface area contributed by atoms with Crippen LogP contribution in [-0.2, 0) is 14.3 Å². The number of unbranched alkanes of at least 4 members (excludes halogenated alkanes) is 2. The van der Waals surface area contributed by atoms with Gasteiger partial charge in [-0.15, -0.1) is 0 Å². The van der Waals surface area contributed by atoms with Gasteiger partial charge >= 0.3 is 5.97 Å². The Morgan fingerprint density at radius 1 is 1.13 bits per heavy atom. The molecule has 170 valence electrons. The normalized spacial score (nSPS) is 14.4. The lowest BCUT2D eigenvalue weighted by molar-refractivity contribution is -0.155. The maximum atomic E-state index is 13.1. The SMILES string of the molecule is CC(C)(C)OC(=O)CC[C@@H](C(N)=O)N1C(=O)c2cccc(OCCCCCO)c2C1=O. The van der Waals surface area contributed by atoms with Crippen molar-refractivity contribution < 1.29 is 33.8 Å². The molecule has 1 aliphatic rings. The Morgan fingerprint density at radius 3 is 2.45 bits per heavy atom. The molecule has 3 N–H and O–H groups in total. The fourth-order valence-electron chi connectivity index (χ4n) is 3.29. The fourth-order valence-corrected chi connectivity index (χ4v) is 3.29. The number of nitrogens with zero attached hydrogens (tertiary/aromatic N) is 1. The van der Waals surface area contributed by atoms with E-state index in [2.05, 4.69) is 0 Å². The lowest BCUT2D eigenvalue weighted by Crippen LogP contribution is -2.48. The topological polar surface area (TPSA) is 136 Å². The van der Waals surface area contributed by atoms with E-state index in [-0.39, 0.29) is 36.3 Å². The number of nitrogens with two attached hydrogens (primary N) is 1. The molecule has 0 aromatic heterocycles. The van der Waals surface area contributed by atoms with Gasteiger partial charge in [-0.1, -0.05) is 6.07 Å². The molecular formula is C22H30N2O7. The highest BCUT2D eigenvalue weighted by molar-refractivity contribution is 6.24. The van der Waals surface area contributed by atoms with Gasteiger partial charge in [-0.25, -0.2) is 0 Å². The first-order chi connectivity index (χ1) is 14.6. The zero-order valence-corrected chi connectivity index (χ0v) is 18.2. The third-order valence-corrected chi connectivity index (χ3v) is 4.65. The van der Waals surface area contributed by atoms with E-state index in [0.717, 1.165) is 11.3 Å². The Bertz CT molecular complexity index is 845. The van der Waals surface area contributed by atoms with Crippen LogP contribution in [0.4, 0.5) is 0 Å². The summed E-state index contributed by atoms with van der Waals surface area (Å²) in [6.07, 6.45) is 1.79. The van der Waals surface area contributed by atoms with Crippen LogP contribution in [0.1, 0.15) is 73.6 Å². The second-order valence-electron chi connectivity index (χ2n) is 8.34. The zero-order chi connectivity index (χ0) is 23.2. The minimum atomic E-state index is -1.28. The van der Waals surface area contributed by atoms with E-state index in [9.17, 15) is 19.2 Å². The minimum Gasteiger partial charge on any atom is -0.493 e. The van der Waals surface area contributed by atoms with Crippen molar-refractivity contribution in [1.82, 2.24) is 4.90 Å². The molecule has 2 rings (SSSR count). The van der Waals surface area contributed by atoms with Gasteiger partial charge in [0.15, 0.2) is 0 Å². The second kappa shape index (κ2) is 10.4. The molecule has 1 heterocycles. The van der Waals surface area contributed by atoms with Crippen LogP contribution in [0.3, 0.4) is 0 Å². The van der Waals surface area contributed by atoms with E-state index >= 15 is 0 Å². The highest BCUT2D eigenvalue weighted by atomic mass is 16.6. The minimum absolute atomic E-state index is 0.0816. The summed E-state index contributed by atoms with van der Waals surface area (Å²) in [6, 6.07) is 3.38. The van der Waals surface area contributed by atoms with Gasteiger partial charge in [0.05, 0.1) is 17.7 Å². The molecule has 0 fully saturated rings. The Kier molecular flexibility index (Phi) is 8.15. The molecule has 0 spiro atoms. The summed E-state index contributed by atoms with van der Waals surface area (Å²) in [6.45, 7) is 5.56. The second-order valence-corrected chi connectivity index (χ2v) is 8.34. The van der Waals surface area contributed by atoms with E-state index in [1.165, 1.54) is 6.07 Å². The van der Waals surface area contributed by atoms with Crippen LogP contribution in [0.2, 0.25) is 0 Å². The molecule has 1 aliphatic heterocycles. The van der Waals surface area contributed by atoms with Crippen LogP contribution in [0, 0.1) is 0 Å². The lowest BCUT2D eigenvalue weighted by atomic mass is 10.1. The maximum Gasteiger partial charge on any atom is 0.306 e. The van der Waals surface area contributed by atoms with Crippen LogP contribution >= 0.6 is 0 Å². The van der Waals surface area contributed by atoms with Crippen LogP contribution in [0.5, 0.6) is 5.75 Å². The number of rotatable bonds is 11. The average molecular weight is 434 g/mol. The Morgan fingerprint density at radius 2 is 1.84 bits per heavy atom. The number of aliphatic hydroxyl groups excluding tert-OH is 1. The first kappa shape index (κ1) is 24.3. The predicted octanol–water partition coefficient (Wildman–Crippen LogP) is 1.80. The molecule has 9 heteroatoms. The number of carbonyl (C=O) groups excluding carboxylic acids is 4. The number of fused-ring (bicyclic) bond motifs is 1. The molecule has 3 amide bonds. The van der Waals surface area contributed by atoms with Gasteiger partial charge in [0.2, 0.25) is 5.91 Å². The number of carbonyl (C=O) groups is 4. The van der Waals surface area contributed by atoms with Crippen molar-refractivity contribution >= 4 is 23.7 Å². The summed E-state index contributed by atoms with van der Waals surface area (Å²) in [5.41, 5.74) is 4.98. The quantitative estimate of drug-likeness (QED) is 0.308. The van der Waals surface area contributed by atoms with Gasteiger partial charge in [-0.2, -0.15) is 0 Å². The van der Waals surface area contributed by atoms with Crippen molar-refractivity contribution in [2.45, 2.75) is 64.5 Å². The number of imide groups is 1. The van der Waals surface area contributed by atoms with Crippen molar-refractivity contribution in [2.24, 2.45) is 5.73 Å². The molecule has 0 saturated heterocycles. The zero-order valence-electron chi connectivity index (χ0n) is 18.2. The molecule has 0 radical (unpaired) electrons. The van der Waals surface area contributed by atoms with E-state index < -0.39 is 35.3 Å². The van der Waals surface area contributed by atoms with E-state index in [1.54, 1.807) is 32.9 Å². The molecule has 0 saturated carbocycles. The van der Waals surface area contributed by atoms with Gasteiger partial charge in [0.25, 0.3) is 11.8 Å². The molecular weight excluding hydrogens is 404 g/mol. The summed E-state index contributed by atoms with van der Waals surface area (Å²) in [5.74, 6) is -2.53. The predicted molar refractivity (Wildman–Crippen MR) is 111 cm³/mol. The molecule has 31 heavy (non-hydrogen) atoms. The number of primary amides is 1. The van der Waals surface area contributed by atoms with Crippen molar-refractivity contribution in [3.8, 4) is 5.75 Å². The largest absolute Gasteiger partial charge is 0.493 e. The molecule has 1 aromatic carbocycles. The summed E-state index contributed by atoms with van der Waals surface area (Å²) in [5, 5.41) is 8.84. The van der Waals surface area contributed by atoms with Gasteiger partial charge < -0.3 is 20.3 Å². The smallest absolute Gasteiger partial charge is 0.306 e. The molecule has 0 aliphatic carbocycles. The van der Waals surface area contributed by atoms with Crippen molar-refractivity contribution in [3.63, 3.8) is 0 Å². The van der Waals surface area contributed by atoms with Crippen molar-refractivity contribution in [2.75, 3.05) is 13.2 Å². The average Bonchev–Trinajstić information content (AvgIpc) is 2.92. The first-order valence-corrected chi connectivity index (χ1v) is 10.3. The lowest BCUT2D eigenvalue weighted by Gasteiger charge is -2.24. The number of hydrogen-bond donors (Lipinski definition) is 2. The number of hydrogen-bond acceptors (Lipinski definition) is 7. The van der Waals surface area contributed by atoms with Crippen LogP contribution in [-0.4, -0.2) is 58.6 Å². The third-order valence-electron chi connectivity index (χ3n) is 4.65. The number of benzene rings is 1. The number of ether oxygens (including phenoxy) is 2. The first-order valence-electron chi connectivity index (χ1n) is 10.3. The van der Waals surface area contributed by atoms with Gasteiger partial charge in [-0.05, 0) is 58.6 Å². The Balaban J connectivity index is 2.16. The molecule has 1 aromatic rings. The van der Waals surface area contributed by atoms with E-state index in [0.29, 0.717) is 19.4 Å². The van der Waals surface area contributed by atoms with Crippen LogP contribution in [0.15, 0.2) is 18.2 Å². The highest BCUT2D eigenvalue weighted by Gasteiger charge is 2.44. The summed E-state index contributed by atoms with van der Waals surface area (Å²) < 4.78 is 10.9. The monoisotopic (exact) mass is 434 g/mol. The van der Waals surface area contributed by atoms with Crippen LogP contribution < -0.4 is 10.5 Å². The molecule has 0 unspecified atom stereocenters. The summed E-state index contributed by atoms with van der Waals surface area (Å²) in [7, 11) is 0. The standard InChI is InChI=1S/C22H30N2O7/c1-22(2,3)31-17(26)11-10-15(19(23)27)24-20(28)14-8-7-9-16(18(14)21(24)29)30-13-6-4-5-12-25/h7-9,15,25H,4-6,10-13H2,1-3H3,(H2,23,27)/t15-/m0/s1. The molecule has 1 atom stereocenters. The molecule has 9 nitrogen and oxygen atoms in total. The molecule has 0 bridgehead atoms. The highest BCUT2D eigenvalue weighted by Crippen LogP contribution is 2.33. The maximum absolute atomic E-state index is 13.1. The summed E-state index contributed by atoms with van der Waals surface area (Å²) in [4.78, 5) is 50.8. The Hall–Kier alpha value is -2.94. The van der Waals surface area contributed by atoms with Gasteiger partial charge in [0.1, 0.15) is 17.4 Å². The Labute approximate surface area is 181 Å². The van der Waals surface area contributed by atoms with Crippen molar-refractivity contribution in [1.29, 1.82) is 0 Å². The summed E-state index contributed by atoms with van der Waals surface area (Å²) >= 11 is 0. The third kappa shape index (κ3) is 6.27. The van der Waals surface area contributed by atoms with Gasteiger partial charge in [0, 0.05) is 13.0 Å². The van der Waals surface area contributed by atoms with E-state index in [4.69, 9.17) is 20.3 Å². The van der Waals surface area contributed by atoms with Gasteiger partial charge in [-0.3, -0.25) is 24.1 Å².